The second kappa shape index (κ2) is 7.59. The van der Waals surface area contributed by atoms with E-state index >= 15 is 0 Å². The summed E-state index contributed by atoms with van der Waals surface area (Å²) < 4.78 is 16.4. The lowest BCUT2D eigenvalue weighted by Crippen LogP contribution is -2.59. The van der Waals surface area contributed by atoms with Gasteiger partial charge in [-0.05, 0) is 50.2 Å². The molecule has 7 nitrogen and oxygen atoms in total. The first-order chi connectivity index (χ1) is 13.3. The Hall–Kier alpha value is -2.93. The zero-order chi connectivity index (χ0) is 20.5. The highest BCUT2D eigenvalue weighted by atomic mass is 35.5. The highest BCUT2D eigenvalue weighted by molar-refractivity contribution is 6.31. The minimum Gasteiger partial charge on any atom is -0.497 e. The number of hydrogen-bond acceptors (Lipinski definition) is 5. The molecule has 2 unspecified atom stereocenters. The third-order valence-electron chi connectivity index (χ3n) is 4.62. The summed E-state index contributed by atoms with van der Waals surface area (Å²) in [5.41, 5.74) is -0.603. The van der Waals surface area contributed by atoms with E-state index in [9.17, 15) is 9.59 Å². The molecule has 1 aliphatic heterocycles. The monoisotopic (exact) mass is 404 g/mol. The van der Waals surface area contributed by atoms with Crippen LogP contribution in [0.15, 0.2) is 36.4 Å². The average molecular weight is 405 g/mol. The summed E-state index contributed by atoms with van der Waals surface area (Å²) in [4.78, 5) is 25.5. The van der Waals surface area contributed by atoms with Gasteiger partial charge in [0.2, 0.25) is 0 Å². The minimum atomic E-state index is -1.73. The van der Waals surface area contributed by atoms with E-state index in [1.807, 2.05) is 0 Å². The van der Waals surface area contributed by atoms with E-state index in [0.717, 1.165) is 0 Å². The molecule has 0 bridgehead atoms. The first kappa shape index (κ1) is 19.8. The van der Waals surface area contributed by atoms with Crippen LogP contribution in [0.2, 0.25) is 5.02 Å². The van der Waals surface area contributed by atoms with E-state index in [4.69, 9.17) is 25.8 Å². The highest BCUT2D eigenvalue weighted by Crippen LogP contribution is 2.36. The Balaban J connectivity index is 1.84. The van der Waals surface area contributed by atoms with Gasteiger partial charge in [0.25, 0.3) is 17.4 Å². The van der Waals surface area contributed by atoms with Gasteiger partial charge in [0, 0.05) is 10.6 Å². The van der Waals surface area contributed by atoms with Crippen LogP contribution in [0.1, 0.15) is 25.5 Å². The third-order valence-corrected chi connectivity index (χ3v) is 4.86. The maximum absolute atomic E-state index is 12.9. The number of halogens is 1. The molecule has 0 spiro atoms. The Morgan fingerprint density at radius 1 is 1.21 bits per heavy atom. The van der Waals surface area contributed by atoms with Crippen LogP contribution in [0, 0.1) is 0 Å². The maximum Gasteiger partial charge on any atom is 0.278 e. The van der Waals surface area contributed by atoms with E-state index < -0.39 is 23.5 Å². The van der Waals surface area contributed by atoms with Gasteiger partial charge in [-0.25, -0.2) is 0 Å². The smallest absolute Gasteiger partial charge is 0.278 e. The Bertz CT molecular complexity index is 933. The Morgan fingerprint density at radius 2 is 1.96 bits per heavy atom. The van der Waals surface area contributed by atoms with E-state index in [1.54, 1.807) is 57.5 Å². The quantitative estimate of drug-likeness (QED) is 0.746. The molecule has 2 amide bonds. The van der Waals surface area contributed by atoms with Crippen molar-refractivity contribution in [1.29, 1.82) is 0 Å². The predicted molar refractivity (Wildman–Crippen MR) is 105 cm³/mol. The highest BCUT2D eigenvalue weighted by Gasteiger charge is 2.47. The number of fused-ring (bicyclic) bond motifs is 1. The van der Waals surface area contributed by atoms with Crippen molar-refractivity contribution in [2.45, 2.75) is 25.5 Å². The van der Waals surface area contributed by atoms with E-state index in [-0.39, 0.29) is 0 Å². The number of carbonyl (C=O) groups excluding carboxylic acids is 2. The van der Waals surface area contributed by atoms with Gasteiger partial charge in [0.1, 0.15) is 17.2 Å². The number of rotatable bonds is 5. The summed E-state index contributed by atoms with van der Waals surface area (Å²) in [6.07, 6.45) is 0. The van der Waals surface area contributed by atoms with Gasteiger partial charge in [-0.3, -0.25) is 9.59 Å². The first-order valence-corrected chi connectivity index (χ1v) is 8.99. The summed E-state index contributed by atoms with van der Waals surface area (Å²) in [6, 6.07) is 9.62. The number of nitrogens with one attached hydrogen (secondary N) is 2. The molecule has 2 N–H and O–H groups in total. The molecule has 148 valence electrons. The Morgan fingerprint density at radius 3 is 2.64 bits per heavy atom. The lowest BCUT2D eigenvalue weighted by Gasteiger charge is -2.34. The topological polar surface area (TPSA) is 85.9 Å². The number of hydrogen-bond donors (Lipinski definition) is 2. The largest absolute Gasteiger partial charge is 0.497 e. The fourth-order valence-corrected chi connectivity index (χ4v) is 3.11. The number of carbonyl (C=O) groups is 2. The van der Waals surface area contributed by atoms with E-state index in [1.165, 1.54) is 6.92 Å². The fraction of sp³-hybridized carbons (Fsp3) is 0.300. The second-order valence-corrected chi connectivity index (χ2v) is 6.97. The zero-order valence-corrected chi connectivity index (χ0v) is 16.7. The molecule has 0 aromatic heterocycles. The lowest BCUT2D eigenvalue weighted by molar-refractivity contribution is -0.147. The molecule has 1 aliphatic rings. The summed E-state index contributed by atoms with van der Waals surface area (Å²) in [5, 5.41) is 5.94. The molecule has 2 aromatic carbocycles. The average Bonchev–Trinajstić information content (AvgIpc) is 2.68. The van der Waals surface area contributed by atoms with Crippen LogP contribution >= 0.6 is 11.6 Å². The number of ether oxygens (including phenoxy) is 3. The number of methoxy groups -OCH3 is 2. The summed E-state index contributed by atoms with van der Waals surface area (Å²) in [6.45, 7) is 3.21. The number of amides is 2. The van der Waals surface area contributed by atoms with Gasteiger partial charge in [0.05, 0.1) is 25.9 Å². The van der Waals surface area contributed by atoms with Crippen molar-refractivity contribution in [1.82, 2.24) is 5.32 Å². The van der Waals surface area contributed by atoms with Crippen molar-refractivity contribution in [3.63, 3.8) is 0 Å². The van der Waals surface area contributed by atoms with Crippen LogP contribution in [0.5, 0.6) is 17.2 Å². The zero-order valence-electron chi connectivity index (χ0n) is 16.0. The Kier molecular flexibility index (Phi) is 5.38. The van der Waals surface area contributed by atoms with Gasteiger partial charge in [-0.2, -0.15) is 0 Å². The molecule has 1 heterocycles. The summed E-state index contributed by atoms with van der Waals surface area (Å²) in [5.74, 6) is 0.425. The molecule has 28 heavy (non-hydrogen) atoms. The van der Waals surface area contributed by atoms with Crippen LogP contribution in [-0.2, 0) is 9.59 Å². The number of benzene rings is 2. The van der Waals surface area contributed by atoms with Crippen molar-refractivity contribution in [3.05, 3.63) is 47.0 Å². The van der Waals surface area contributed by atoms with Crippen molar-refractivity contribution in [3.8, 4) is 17.2 Å². The maximum atomic E-state index is 12.9. The molecular formula is C20H21ClN2O5. The molecular weight excluding hydrogens is 384 g/mol. The van der Waals surface area contributed by atoms with Gasteiger partial charge in [-0.15, -0.1) is 0 Å². The lowest BCUT2D eigenvalue weighted by atomic mass is 9.99. The molecule has 0 aliphatic carbocycles. The van der Waals surface area contributed by atoms with Crippen molar-refractivity contribution >= 4 is 29.1 Å². The third kappa shape index (κ3) is 3.57. The van der Waals surface area contributed by atoms with Gasteiger partial charge < -0.3 is 24.8 Å². The van der Waals surface area contributed by atoms with Crippen molar-refractivity contribution in [2.75, 3.05) is 19.5 Å². The molecule has 0 radical (unpaired) electrons. The molecule has 2 atom stereocenters. The minimum absolute atomic E-state index is 0.369. The molecule has 3 rings (SSSR count). The Labute approximate surface area is 167 Å². The molecule has 2 aromatic rings. The molecule has 8 heteroatoms. The molecule has 0 fully saturated rings. The van der Waals surface area contributed by atoms with Crippen LogP contribution in [0.4, 0.5) is 5.69 Å². The van der Waals surface area contributed by atoms with Crippen LogP contribution < -0.4 is 24.8 Å². The van der Waals surface area contributed by atoms with Crippen LogP contribution in [0.3, 0.4) is 0 Å². The fourth-order valence-electron chi connectivity index (χ4n) is 2.94. The van der Waals surface area contributed by atoms with Crippen molar-refractivity contribution < 1.29 is 23.8 Å². The SMILES string of the molecule is COc1ccc(OC)c(C(C)NC(=O)C2(C)Oc3ccc(Cl)cc3NC2=O)c1. The summed E-state index contributed by atoms with van der Waals surface area (Å²) >= 11 is 5.94. The standard InChI is InChI=1S/C20H21ClN2O5/c1-11(14-10-13(26-3)6-8-16(14)27-4)22-18(24)20(2)19(25)23-15-9-12(21)5-7-17(15)28-20/h5-11H,1-4H3,(H,22,24)(H,23,25). The summed E-state index contributed by atoms with van der Waals surface area (Å²) in [7, 11) is 3.10. The van der Waals surface area contributed by atoms with Gasteiger partial charge >= 0.3 is 0 Å². The second-order valence-electron chi connectivity index (χ2n) is 6.53. The van der Waals surface area contributed by atoms with Gasteiger partial charge in [0.15, 0.2) is 0 Å². The van der Waals surface area contributed by atoms with E-state index in [0.29, 0.717) is 33.5 Å². The number of anilines is 1. The van der Waals surface area contributed by atoms with E-state index in [2.05, 4.69) is 10.6 Å². The normalized spacial score (nSPS) is 19.0. The van der Waals surface area contributed by atoms with Crippen molar-refractivity contribution in [2.24, 2.45) is 0 Å². The van der Waals surface area contributed by atoms with Crippen LogP contribution in [-0.4, -0.2) is 31.6 Å². The van der Waals surface area contributed by atoms with Gasteiger partial charge in [-0.1, -0.05) is 11.6 Å². The first-order valence-electron chi connectivity index (χ1n) is 8.61. The van der Waals surface area contributed by atoms with Crippen LogP contribution in [0.25, 0.3) is 0 Å². The molecule has 0 saturated heterocycles. The molecule has 0 saturated carbocycles. The predicted octanol–water partition coefficient (Wildman–Crippen LogP) is 3.32.